The van der Waals surface area contributed by atoms with E-state index in [0.29, 0.717) is 0 Å². The van der Waals surface area contributed by atoms with Gasteiger partial charge >= 0.3 is 66.8 Å². The van der Waals surface area contributed by atoms with E-state index in [-0.39, 0.29) is 19.6 Å². The fourth-order valence-electron chi connectivity index (χ4n) is 0.470. The Hall–Kier alpha value is -0.451. The summed E-state index contributed by atoms with van der Waals surface area (Å²) < 4.78 is 1.34. The second-order valence-electron chi connectivity index (χ2n) is 1.52. The van der Waals surface area contributed by atoms with Crippen LogP contribution in [0.2, 0.25) is 0 Å². The zero-order valence-electron chi connectivity index (χ0n) is 4.77. The number of nitrogens with one attached hydrogen (secondary N) is 1. The van der Waals surface area contributed by atoms with Crippen molar-refractivity contribution >= 4 is 25.1 Å². The van der Waals surface area contributed by atoms with Crippen LogP contribution in [0.3, 0.4) is 0 Å². The maximum absolute atomic E-state index is 10.7. The van der Waals surface area contributed by atoms with Gasteiger partial charge in [-0.2, -0.15) is 0 Å². The van der Waals surface area contributed by atoms with Crippen LogP contribution < -0.4 is 11.2 Å². The molecular formula is C4H4N2O2SSe. The van der Waals surface area contributed by atoms with Gasteiger partial charge in [0.15, 0.2) is 0 Å². The van der Waals surface area contributed by atoms with Crippen LogP contribution in [-0.2, 0) is 0 Å². The van der Waals surface area contributed by atoms with Crippen LogP contribution in [0.4, 0.5) is 0 Å². The predicted molar refractivity (Wildman–Crippen MR) is 41.5 cm³/mol. The Bertz CT molecular complexity index is 331. The summed E-state index contributed by atoms with van der Waals surface area (Å²) in [4.78, 5) is 23.3. The monoisotopic (exact) mass is 224 g/mol. The summed E-state index contributed by atoms with van der Waals surface area (Å²) in [5.74, 6) is 0. The third-order valence-corrected chi connectivity index (χ3v) is 2.77. The number of thiol groups is 1. The molecule has 0 aliphatic heterocycles. The van der Waals surface area contributed by atoms with Crippen LogP contribution in [0.1, 0.15) is 0 Å². The molecular weight excluding hydrogens is 219 g/mol. The molecule has 54 valence electrons. The molecule has 6 heteroatoms. The number of hydrogen-bond donors (Lipinski definition) is 2. The second kappa shape index (κ2) is 3.09. The fourth-order valence-corrected chi connectivity index (χ4v) is 1.63. The first-order chi connectivity index (χ1) is 4.74. The molecule has 0 saturated carbocycles. The Labute approximate surface area is 67.1 Å². The van der Waals surface area contributed by atoms with Crippen LogP contribution in [-0.4, -0.2) is 22.6 Å². The van der Waals surface area contributed by atoms with Gasteiger partial charge in [0.1, 0.15) is 0 Å². The van der Waals surface area contributed by atoms with Gasteiger partial charge in [0.25, 0.3) is 0 Å². The number of nitrogens with zero attached hydrogens (tertiary/aromatic N) is 1. The first-order valence-electron chi connectivity index (χ1n) is 2.38. The maximum atomic E-state index is 10.7. The van der Waals surface area contributed by atoms with Gasteiger partial charge < -0.3 is 0 Å². The van der Waals surface area contributed by atoms with Crippen molar-refractivity contribution in [3.8, 4) is 0 Å². The minimum atomic E-state index is -0.400. The molecule has 1 rings (SSSR count). The van der Waals surface area contributed by atoms with Crippen molar-refractivity contribution in [3.63, 3.8) is 0 Å². The molecule has 1 aromatic rings. The van der Waals surface area contributed by atoms with E-state index < -0.39 is 5.69 Å². The molecule has 1 heterocycles. The van der Waals surface area contributed by atoms with Crippen molar-refractivity contribution in [3.05, 3.63) is 33.1 Å². The molecule has 0 aliphatic rings. The third kappa shape index (κ3) is 1.53. The number of hydrogen-bond acceptors (Lipinski definition) is 3. The molecule has 4 nitrogen and oxygen atoms in total. The van der Waals surface area contributed by atoms with E-state index in [2.05, 4.69) is 16.0 Å². The Morgan fingerprint density at radius 1 is 1.60 bits per heavy atom. The molecule has 0 atom stereocenters. The predicted octanol–water partition coefficient (Wildman–Crippen LogP) is -1.15. The van der Waals surface area contributed by atoms with E-state index in [1.54, 1.807) is 0 Å². The molecule has 0 amide bonds. The van der Waals surface area contributed by atoms with Gasteiger partial charge in [0.05, 0.1) is 0 Å². The van der Waals surface area contributed by atoms with Crippen LogP contribution in [0.25, 0.3) is 0 Å². The summed E-state index contributed by atoms with van der Waals surface area (Å²) in [7, 11) is 0. The van der Waals surface area contributed by atoms with Gasteiger partial charge in [-0.05, 0) is 0 Å². The van der Waals surface area contributed by atoms with Crippen LogP contribution in [0.15, 0.2) is 21.9 Å². The van der Waals surface area contributed by atoms with Crippen LogP contribution in [0, 0.1) is 0 Å². The summed E-state index contributed by atoms with van der Waals surface area (Å²) in [5.41, 5.74) is -0.777. The normalized spacial score (nSPS) is 9.70. The topological polar surface area (TPSA) is 54.9 Å². The first kappa shape index (κ1) is 7.65. The van der Waals surface area contributed by atoms with Gasteiger partial charge in [-0.3, -0.25) is 0 Å². The molecule has 0 bridgehead atoms. The summed E-state index contributed by atoms with van der Waals surface area (Å²) in [5, 5.41) is 0. The molecule has 0 saturated heterocycles. The van der Waals surface area contributed by atoms with Gasteiger partial charge in [0.2, 0.25) is 0 Å². The SMILES string of the molecule is O=c1ccn([Se]S)c(=O)[nH]1. The zero-order chi connectivity index (χ0) is 7.56. The minimum absolute atomic E-state index is 0.221. The van der Waals surface area contributed by atoms with Crippen molar-refractivity contribution in [2.24, 2.45) is 0 Å². The third-order valence-electron chi connectivity index (χ3n) is 0.880. The molecule has 0 fully saturated rings. The zero-order valence-corrected chi connectivity index (χ0v) is 7.38. The van der Waals surface area contributed by atoms with Gasteiger partial charge in [-0.1, -0.05) is 0 Å². The van der Waals surface area contributed by atoms with Crippen molar-refractivity contribution < 1.29 is 0 Å². The van der Waals surface area contributed by atoms with Crippen molar-refractivity contribution in [2.45, 2.75) is 0 Å². The van der Waals surface area contributed by atoms with E-state index >= 15 is 0 Å². The summed E-state index contributed by atoms with van der Waals surface area (Å²) >= 11 is 3.70. The second-order valence-corrected chi connectivity index (χ2v) is 3.53. The van der Waals surface area contributed by atoms with E-state index in [9.17, 15) is 9.59 Å². The van der Waals surface area contributed by atoms with Crippen LogP contribution in [0.5, 0.6) is 0 Å². The Balaban J connectivity index is 3.34. The summed E-state index contributed by atoms with van der Waals surface area (Å²) in [6.07, 6.45) is 1.42. The molecule has 10 heavy (non-hydrogen) atoms. The molecule has 0 aromatic carbocycles. The van der Waals surface area contributed by atoms with E-state index in [4.69, 9.17) is 0 Å². The Morgan fingerprint density at radius 3 is 2.80 bits per heavy atom. The number of H-pyrrole nitrogens is 1. The van der Waals surface area contributed by atoms with Crippen molar-refractivity contribution in [2.75, 3.05) is 0 Å². The molecule has 1 aromatic heterocycles. The number of rotatable bonds is 1. The van der Waals surface area contributed by atoms with Gasteiger partial charge in [-0.15, -0.1) is 0 Å². The molecule has 0 spiro atoms. The average molecular weight is 223 g/mol. The fraction of sp³-hybridized carbons (Fsp3) is 0. The van der Waals surface area contributed by atoms with E-state index in [1.165, 1.54) is 15.8 Å². The number of aromatic nitrogens is 2. The molecule has 0 radical (unpaired) electrons. The number of aromatic amines is 1. The van der Waals surface area contributed by atoms with Crippen LogP contribution >= 0.6 is 11.0 Å². The van der Waals surface area contributed by atoms with Gasteiger partial charge in [-0.25, -0.2) is 0 Å². The van der Waals surface area contributed by atoms with E-state index in [0.717, 1.165) is 0 Å². The average Bonchev–Trinajstić information content (AvgIpc) is 1.88. The quantitative estimate of drug-likeness (QED) is 0.466. The Morgan fingerprint density at radius 2 is 2.30 bits per heavy atom. The van der Waals surface area contributed by atoms with Gasteiger partial charge in [0, 0.05) is 0 Å². The first-order valence-corrected chi connectivity index (χ1v) is 5.81. The standard InChI is InChI=1S/C4H4N2O2SSe/c7-3-1-2-6(10-9)4(8)5-3/h1-2,9H,(H,5,7,8). The summed E-state index contributed by atoms with van der Waals surface area (Å²) in [6.45, 7) is 0. The molecule has 0 aliphatic carbocycles. The molecule has 1 N–H and O–H groups in total. The van der Waals surface area contributed by atoms with Crippen molar-refractivity contribution in [1.82, 2.24) is 8.57 Å². The van der Waals surface area contributed by atoms with Crippen molar-refractivity contribution in [1.29, 1.82) is 0 Å². The molecule has 0 unspecified atom stereocenters. The Kier molecular flexibility index (Phi) is 2.37. The van der Waals surface area contributed by atoms with E-state index in [1.807, 2.05) is 0 Å². The summed E-state index contributed by atoms with van der Waals surface area (Å²) in [6, 6.07) is 1.29.